The second kappa shape index (κ2) is 6.64. The molecule has 138 valence electrons. The van der Waals surface area contributed by atoms with Crippen LogP contribution in [0.25, 0.3) is 0 Å². The topological polar surface area (TPSA) is 46.6 Å². The van der Waals surface area contributed by atoms with E-state index >= 15 is 0 Å². The predicted octanol–water partition coefficient (Wildman–Crippen LogP) is 3.45. The molecule has 0 N–H and O–H groups in total. The molecule has 1 aromatic rings. The molecule has 4 nitrogen and oxygen atoms in total. The van der Waals surface area contributed by atoms with Crippen LogP contribution >= 0.6 is 0 Å². The van der Waals surface area contributed by atoms with Crippen molar-refractivity contribution in [2.24, 2.45) is 5.92 Å². The van der Waals surface area contributed by atoms with Gasteiger partial charge in [0.2, 0.25) is 10.0 Å². The minimum Gasteiger partial charge on any atom is -0.492 e. The van der Waals surface area contributed by atoms with Crippen molar-refractivity contribution in [3.63, 3.8) is 0 Å². The van der Waals surface area contributed by atoms with Gasteiger partial charge in [0.25, 0.3) is 0 Å². The Morgan fingerprint density at radius 1 is 1.32 bits per heavy atom. The van der Waals surface area contributed by atoms with Crippen molar-refractivity contribution in [3.8, 4) is 5.75 Å². The molecule has 25 heavy (non-hydrogen) atoms. The first-order valence-electron chi connectivity index (χ1n) is 8.14. The number of alkyl halides is 3. The highest BCUT2D eigenvalue weighted by Gasteiger charge is 2.50. The van der Waals surface area contributed by atoms with Gasteiger partial charge in [-0.2, -0.15) is 17.5 Å². The number of fused-ring (bicyclic) bond motifs is 2. The van der Waals surface area contributed by atoms with Gasteiger partial charge < -0.3 is 4.74 Å². The number of nitrogens with zero attached hydrogens (tertiary/aromatic N) is 1. The quantitative estimate of drug-likeness (QED) is 0.716. The van der Waals surface area contributed by atoms with Gasteiger partial charge in [0, 0.05) is 6.04 Å². The maximum Gasteiger partial charge on any atom is 0.416 e. The molecule has 1 aliphatic carbocycles. The van der Waals surface area contributed by atoms with Crippen LogP contribution in [0.4, 0.5) is 13.2 Å². The Morgan fingerprint density at radius 2 is 2.08 bits per heavy atom. The van der Waals surface area contributed by atoms with Gasteiger partial charge >= 0.3 is 6.18 Å². The van der Waals surface area contributed by atoms with E-state index in [1.165, 1.54) is 22.5 Å². The molecule has 1 saturated carbocycles. The lowest BCUT2D eigenvalue weighted by atomic mass is 10.0. The van der Waals surface area contributed by atoms with Crippen molar-refractivity contribution in [1.29, 1.82) is 0 Å². The number of piperidine rings is 1. The van der Waals surface area contributed by atoms with Crippen LogP contribution < -0.4 is 4.74 Å². The summed E-state index contributed by atoms with van der Waals surface area (Å²) in [4.78, 5) is 0. The summed E-state index contributed by atoms with van der Waals surface area (Å²) in [5.74, 6) is 0.144. The number of sulfonamides is 1. The SMILES string of the molecule is C=CCS(=O)(=O)N1C2CCC(C2)[C@H]1COc1cccc(C(F)(F)F)c1. The molecule has 3 atom stereocenters. The van der Waals surface area contributed by atoms with Crippen LogP contribution in [0, 0.1) is 5.92 Å². The molecule has 3 rings (SSSR count). The predicted molar refractivity (Wildman–Crippen MR) is 87.7 cm³/mol. The maximum absolute atomic E-state index is 12.8. The standard InChI is InChI=1S/C17H20F3NO3S/c1-2-8-25(22,23)21-14-7-6-12(9-14)16(21)11-24-15-5-3-4-13(10-15)17(18,19)20/h2-5,10,12,14,16H,1,6-9,11H2/t12?,14?,16-/m1/s1. The van der Waals surface area contributed by atoms with Crippen molar-refractivity contribution in [2.75, 3.05) is 12.4 Å². The van der Waals surface area contributed by atoms with Crippen molar-refractivity contribution in [2.45, 2.75) is 37.5 Å². The van der Waals surface area contributed by atoms with E-state index in [1.807, 2.05) is 0 Å². The summed E-state index contributed by atoms with van der Waals surface area (Å²) in [5, 5.41) is 0. The minimum atomic E-state index is -4.44. The summed E-state index contributed by atoms with van der Waals surface area (Å²) < 4.78 is 70.4. The third kappa shape index (κ3) is 3.69. The molecule has 2 fully saturated rings. The molecule has 1 aliphatic heterocycles. The Bertz CT molecular complexity index is 748. The second-order valence-corrected chi connectivity index (χ2v) is 8.45. The van der Waals surface area contributed by atoms with Crippen LogP contribution in [0.2, 0.25) is 0 Å². The van der Waals surface area contributed by atoms with Gasteiger partial charge in [0.15, 0.2) is 0 Å². The fraction of sp³-hybridized carbons (Fsp3) is 0.529. The van der Waals surface area contributed by atoms with Crippen molar-refractivity contribution in [1.82, 2.24) is 4.31 Å². The average molecular weight is 375 g/mol. The molecule has 0 spiro atoms. The molecule has 1 saturated heterocycles. The highest BCUT2D eigenvalue weighted by molar-refractivity contribution is 7.89. The Kier molecular flexibility index (Phi) is 4.85. The zero-order valence-electron chi connectivity index (χ0n) is 13.6. The normalized spacial score (nSPS) is 26.8. The number of ether oxygens (including phenoxy) is 1. The van der Waals surface area contributed by atoms with E-state index in [0.717, 1.165) is 31.4 Å². The first-order valence-corrected chi connectivity index (χ1v) is 9.75. The van der Waals surface area contributed by atoms with Crippen LogP contribution in [-0.2, 0) is 16.2 Å². The lowest BCUT2D eigenvalue weighted by molar-refractivity contribution is -0.137. The van der Waals surface area contributed by atoms with Gasteiger partial charge in [-0.1, -0.05) is 12.1 Å². The Hall–Kier alpha value is -1.54. The molecule has 8 heteroatoms. The molecule has 1 aromatic carbocycles. The average Bonchev–Trinajstić information content (AvgIpc) is 3.13. The van der Waals surface area contributed by atoms with Crippen molar-refractivity contribution >= 4 is 10.0 Å². The summed E-state index contributed by atoms with van der Waals surface area (Å²) in [6, 6.07) is 4.28. The minimum absolute atomic E-state index is 0.0370. The molecule has 2 unspecified atom stereocenters. The molecule has 2 bridgehead atoms. The molecule has 0 amide bonds. The van der Waals surface area contributed by atoms with Crippen LogP contribution in [-0.4, -0.2) is 37.2 Å². The smallest absolute Gasteiger partial charge is 0.416 e. The van der Waals surface area contributed by atoms with E-state index < -0.39 is 21.8 Å². The third-order valence-electron chi connectivity index (χ3n) is 4.91. The lowest BCUT2D eigenvalue weighted by Gasteiger charge is -2.33. The Labute approximate surface area is 145 Å². The van der Waals surface area contributed by atoms with Gasteiger partial charge in [-0.05, 0) is 43.4 Å². The van der Waals surface area contributed by atoms with E-state index in [-0.39, 0.29) is 36.1 Å². The molecule has 0 radical (unpaired) electrons. The summed E-state index contributed by atoms with van der Waals surface area (Å²) in [6.45, 7) is 3.54. The largest absolute Gasteiger partial charge is 0.492 e. The number of halogens is 3. The molecule has 0 aromatic heterocycles. The zero-order chi connectivity index (χ0) is 18.2. The summed E-state index contributed by atoms with van der Waals surface area (Å²) in [7, 11) is -3.47. The van der Waals surface area contributed by atoms with Crippen molar-refractivity contribution in [3.05, 3.63) is 42.5 Å². The number of hydrogen-bond acceptors (Lipinski definition) is 3. The summed E-state index contributed by atoms with van der Waals surface area (Å²) >= 11 is 0. The fourth-order valence-corrected chi connectivity index (χ4v) is 5.63. The van der Waals surface area contributed by atoms with E-state index in [1.54, 1.807) is 0 Å². The first kappa shape index (κ1) is 18.3. The number of rotatable bonds is 6. The molecular weight excluding hydrogens is 355 g/mol. The lowest BCUT2D eigenvalue weighted by Crippen LogP contribution is -2.48. The van der Waals surface area contributed by atoms with Crippen LogP contribution in [0.15, 0.2) is 36.9 Å². The summed E-state index contributed by atoms with van der Waals surface area (Å²) in [6.07, 6.45) is -0.563. The second-order valence-electron chi connectivity index (χ2n) is 6.53. The first-order chi connectivity index (χ1) is 11.7. The Balaban J connectivity index is 1.75. The van der Waals surface area contributed by atoms with Gasteiger partial charge in [0.1, 0.15) is 12.4 Å². The van der Waals surface area contributed by atoms with Crippen LogP contribution in [0.3, 0.4) is 0 Å². The van der Waals surface area contributed by atoms with E-state index in [9.17, 15) is 21.6 Å². The van der Waals surface area contributed by atoms with Crippen molar-refractivity contribution < 1.29 is 26.3 Å². The van der Waals surface area contributed by atoms with Crippen LogP contribution in [0.1, 0.15) is 24.8 Å². The van der Waals surface area contributed by atoms with Gasteiger partial charge in [-0.25, -0.2) is 8.42 Å². The van der Waals surface area contributed by atoms with Gasteiger partial charge in [-0.3, -0.25) is 0 Å². The zero-order valence-corrected chi connectivity index (χ0v) is 14.4. The monoisotopic (exact) mass is 375 g/mol. The maximum atomic E-state index is 12.8. The molecular formula is C17H20F3NO3S. The third-order valence-corrected chi connectivity index (χ3v) is 6.78. The Morgan fingerprint density at radius 3 is 2.76 bits per heavy atom. The highest BCUT2D eigenvalue weighted by Crippen LogP contribution is 2.44. The molecule has 1 heterocycles. The summed E-state index contributed by atoms with van der Waals surface area (Å²) in [5.41, 5.74) is -0.783. The highest BCUT2D eigenvalue weighted by atomic mass is 32.2. The van der Waals surface area contributed by atoms with Crippen LogP contribution in [0.5, 0.6) is 5.75 Å². The number of benzene rings is 1. The molecule has 2 aliphatic rings. The number of hydrogen-bond donors (Lipinski definition) is 0. The van der Waals surface area contributed by atoms with E-state index in [2.05, 4.69) is 6.58 Å². The fourth-order valence-electron chi connectivity index (χ4n) is 3.87. The van der Waals surface area contributed by atoms with E-state index in [4.69, 9.17) is 4.74 Å². The van der Waals surface area contributed by atoms with E-state index in [0.29, 0.717) is 0 Å². The van der Waals surface area contributed by atoms with Gasteiger partial charge in [-0.15, -0.1) is 6.58 Å². The van der Waals surface area contributed by atoms with Gasteiger partial charge in [0.05, 0.1) is 17.4 Å².